The second-order valence-corrected chi connectivity index (χ2v) is 10.2. The average Bonchev–Trinajstić information content (AvgIpc) is 3.43. The van der Waals surface area contributed by atoms with Gasteiger partial charge in [0.05, 0.1) is 13.2 Å². The van der Waals surface area contributed by atoms with Crippen LogP contribution in [0.1, 0.15) is 23.3 Å². The number of methoxy groups -OCH3 is 1. The molecule has 0 unspecified atom stereocenters. The van der Waals surface area contributed by atoms with E-state index < -0.39 is 5.54 Å². The smallest absolute Gasteiger partial charge is 0.328 e. The van der Waals surface area contributed by atoms with Gasteiger partial charge in [-0.25, -0.2) is 9.78 Å². The number of urea groups is 1. The summed E-state index contributed by atoms with van der Waals surface area (Å²) < 4.78 is 5.17. The molecule has 3 heterocycles. The zero-order valence-electron chi connectivity index (χ0n) is 19.9. The van der Waals surface area contributed by atoms with Crippen LogP contribution in [0.4, 0.5) is 4.79 Å². The molecule has 3 aromatic rings. The van der Waals surface area contributed by atoms with Gasteiger partial charge in [0.2, 0.25) is 0 Å². The minimum Gasteiger partial charge on any atom is -0.383 e. The van der Waals surface area contributed by atoms with Gasteiger partial charge in [-0.1, -0.05) is 60.7 Å². The number of thiazole rings is 1. The molecule has 0 N–H and O–H groups in total. The van der Waals surface area contributed by atoms with Crippen LogP contribution in [-0.2, 0) is 22.6 Å². The fourth-order valence-corrected chi connectivity index (χ4v) is 5.99. The van der Waals surface area contributed by atoms with Crippen LogP contribution in [0, 0.1) is 0 Å². The number of nitrogens with zero attached hydrogens (tertiary/aromatic N) is 4. The zero-order chi connectivity index (χ0) is 24.3. The minimum absolute atomic E-state index is 0.0840. The maximum Gasteiger partial charge on any atom is 0.328 e. The van der Waals surface area contributed by atoms with Crippen LogP contribution < -0.4 is 0 Å². The topological polar surface area (TPSA) is 66.0 Å². The Kier molecular flexibility index (Phi) is 6.95. The lowest BCUT2D eigenvalue weighted by molar-refractivity contribution is -0.136. The third-order valence-corrected chi connectivity index (χ3v) is 7.99. The van der Waals surface area contributed by atoms with Crippen molar-refractivity contribution in [3.05, 3.63) is 77.3 Å². The molecule has 0 bridgehead atoms. The molecule has 35 heavy (non-hydrogen) atoms. The first-order valence-corrected chi connectivity index (χ1v) is 12.8. The maximum absolute atomic E-state index is 13.6. The van der Waals surface area contributed by atoms with Crippen LogP contribution in [-0.4, -0.2) is 70.5 Å². The molecule has 0 saturated carbocycles. The van der Waals surface area contributed by atoms with Gasteiger partial charge in [0.1, 0.15) is 10.5 Å². The summed E-state index contributed by atoms with van der Waals surface area (Å²) in [5, 5.41) is 1.02. The normalized spacial score (nSPS) is 18.1. The standard InChI is InChI=1S/C27H30N4O3S/c1-34-17-16-30-25(32)27(31(26(30)33)19-21-8-4-2-5-9-21)12-14-29(15-13-27)20-23-18-28-24(35-23)22-10-6-3-7-11-22/h2-11,18H,12-17,19-20H2,1H3. The largest absolute Gasteiger partial charge is 0.383 e. The molecule has 1 spiro atoms. The number of carbonyl (C=O) groups is 2. The van der Waals surface area contributed by atoms with Crippen molar-refractivity contribution >= 4 is 23.3 Å². The predicted molar refractivity (Wildman–Crippen MR) is 136 cm³/mol. The predicted octanol–water partition coefficient (Wildman–Crippen LogP) is 4.26. The lowest BCUT2D eigenvalue weighted by atomic mass is 9.85. The number of likely N-dealkylation sites (tertiary alicyclic amines) is 1. The van der Waals surface area contributed by atoms with Gasteiger partial charge in [-0.2, -0.15) is 0 Å². The van der Waals surface area contributed by atoms with Crippen molar-refractivity contribution in [3.8, 4) is 10.6 Å². The van der Waals surface area contributed by atoms with Crippen LogP contribution in [0.15, 0.2) is 66.9 Å². The second-order valence-electron chi connectivity index (χ2n) is 9.11. The fraction of sp³-hybridized carbons (Fsp3) is 0.370. The van der Waals surface area contributed by atoms with Crippen molar-refractivity contribution < 1.29 is 14.3 Å². The first-order valence-electron chi connectivity index (χ1n) is 12.0. The number of ether oxygens (including phenoxy) is 1. The van der Waals surface area contributed by atoms with Crippen LogP contribution >= 0.6 is 11.3 Å². The molecule has 0 atom stereocenters. The molecule has 2 fully saturated rings. The summed E-state index contributed by atoms with van der Waals surface area (Å²) in [6.07, 6.45) is 3.20. The fourth-order valence-electron chi connectivity index (χ4n) is 5.03. The molecule has 3 amide bonds. The molecule has 0 aliphatic carbocycles. The summed E-state index contributed by atoms with van der Waals surface area (Å²) in [5.74, 6) is -0.0840. The van der Waals surface area contributed by atoms with E-state index in [9.17, 15) is 9.59 Å². The molecule has 2 aliphatic heterocycles. The molecule has 2 aromatic carbocycles. The van der Waals surface area contributed by atoms with E-state index in [0.29, 0.717) is 26.0 Å². The SMILES string of the molecule is COCCN1C(=O)N(Cc2ccccc2)C2(CCN(Cc3cnc(-c4ccccc4)s3)CC2)C1=O. The number of imide groups is 1. The Hall–Kier alpha value is -3.07. The number of benzene rings is 2. The summed E-state index contributed by atoms with van der Waals surface area (Å²) >= 11 is 1.71. The van der Waals surface area contributed by atoms with Gasteiger partial charge in [0, 0.05) is 49.9 Å². The zero-order valence-corrected chi connectivity index (χ0v) is 20.7. The quantitative estimate of drug-likeness (QED) is 0.442. The number of aromatic nitrogens is 1. The summed E-state index contributed by atoms with van der Waals surface area (Å²) in [5.41, 5.74) is 1.37. The van der Waals surface area contributed by atoms with E-state index in [-0.39, 0.29) is 18.5 Å². The second kappa shape index (κ2) is 10.3. The molecule has 0 radical (unpaired) electrons. The molecular formula is C27H30N4O3S. The summed E-state index contributed by atoms with van der Waals surface area (Å²) in [4.78, 5) is 38.3. The lowest BCUT2D eigenvalue weighted by Gasteiger charge is -2.42. The maximum atomic E-state index is 13.6. The molecule has 7 nitrogen and oxygen atoms in total. The van der Waals surface area contributed by atoms with Crippen LogP contribution in [0.25, 0.3) is 10.6 Å². The Labute approximate surface area is 209 Å². The highest BCUT2D eigenvalue weighted by Crippen LogP contribution is 2.39. The van der Waals surface area contributed by atoms with Gasteiger partial charge >= 0.3 is 6.03 Å². The van der Waals surface area contributed by atoms with Gasteiger partial charge in [-0.05, 0) is 18.4 Å². The summed E-state index contributed by atoms with van der Waals surface area (Å²) in [6, 6.07) is 19.9. The van der Waals surface area contributed by atoms with Gasteiger partial charge in [-0.3, -0.25) is 14.6 Å². The number of piperidine rings is 1. The molecule has 5 rings (SSSR count). The number of carbonyl (C=O) groups excluding carboxylic acids is 2. The molecule has 182 valence electrons. The van der Waals surface area contributed by atoms with Crippen molar-refractivity contribution in [2.75, 3.05) is 33.4 Å². The van der Waals surface area contributed by atoms with Crippen molar-refractivity contribution in [3.63, 3.8) is 0 Å². The van der Waals surface area contributed by atoms with Crippen LogP contribution in [0.5, 0.6) is 0 Å². The minimum atomic E-state index is -0.792. The highest BCUT2D eigenvalue weighted by Gasteiger charge is 2.57. The van der Waals surface area contributed by atoms with Crippen molar-refractivity contribution in [1.29, 1.82) is 0 Å². The van der Waals surface area contributed by atoms with E-state index in [2.05, 4.69) is 22.0 Å². The highest BCUT2D eigenvalue weighted by atomic mass is 32.1. The Balaban J connectivity index is 1.30. The van der Waals surface area contributed by atoms with E-state index in [1.807, 2.05) is 54.7 Å². The average molecular weight is 491 g/mol. The third-order valence-electron chi connectivity index (χ3n) is 6.96. The van der Waals surface area contributed by atoms with Crippen molar-refractivity contribution in [1.82, 2.24) is 19.7 Å². The van der Waals surface area contributed by atoms with Gasteiger partial charge < -0.3 is 9.64 Å². The van der Waals surface area contributed by atoms with E-state index in [4.69, 9.17) is 4.74 Å². The van der Waals surface area contributed by atoms with E-state index in [1.54, 1.807) is 23.3 Å². The summed E-state index contributed by atoms with van der Waals surface area (Å²) in [7, 11) is 1.59. The number of hydrogen-bond donors (Lipinski definition) is 0. The van der Waals surface area contributed by atoms with Crippen LogP contribution in [0.3, 0.4) is 0 Å². The molecule has 2 saturated heterocycles. The molecule has 2 aliphatic rings. The highest BCUT2D eigenvalue weighted by molar-refractivity contribution is 7.15. The number of amides is 3. The van der Waals surface area contributed by atoms with Gasteiger partial charge in [0.15, 0.2) is 0 Å². The van der Waals surface area contributed by atoms with E-state index in [0.717, 1.165) is 35.8 Å². The van der Waals surface area contributed by atoms with Gasteiger partial charge in [-0.15, -0.1) is 11.3 Å². The van der Waals surface area contributed by atoms with Gasteiger partial charge in [0.25, 0.3) is 5.91 Å². The van der Waals surface area contributed by atoms with E-state index in [1.165, 1.54) is 9.78 Å². The number of hydrogen-bond acceptors (Lipinski definition) is 6. The Morgan fingerprint density at radius 3 is 2.34 bits per heavy atom. The summed E-state index contributed by atoms with van der Waals surface area (Å²) in [6.45, 7) is 3.36. The van der Waals surface area contributed by atoms with Crippen molar-refractivity contribution in [2.24, 2.45) is 0 Å². The van der Waals surface area contributed by atoms with Crippen molar-refractivity contribution in [2.45, 2.75) is 31.5 Å². The first kappa shape index (κ1) is 23.7. The molecule has 8 heteroatoms. The van der Waals surface area contributed by atoms with Crippen LogP contribution in [0.2, 0.25) is 0 Å². The number of rotatable bonds is 8. The molecule has 1 aromatic heterocycles. The first-order chi connectivity index (χ1) is 17.1. The Bertz CT molecular complexity index is 1160. The van der Waals surface area contributed by atoms with E-state index >= 15 is 0 Å². The molecular weight excluding hydrogens is 460 g/mol. The Morgan fingerprint density at radius 2 is 1.66 bits per heavy atom. The monoisotopic (exact) mass is 490 g/mol. The Morgan fingerprint density at radius 1 is 0.971 bits per heavy atom. The third kappa shape index (κ3) is 4.74. The lowest BCUT2D eigenvalue weighted by Crippen LogP contribution is -2.56.